The van der Waals surface area contributed by atoms with E-state index in [9.17, 15) is 14.9 Å². The van der Waals surface area contributed by atoms with E-state index >= 15 is 0 Å². The molecule has 8 nitrogen and oxygen atoms in total. The summed E-state index contributed by atoms with van der Waals surface area (Å²) >= 11 is 0. The highest BCUT2D eigenvalue weighted by atomic mass is 16.8. The molecule has 0 aliphatic carbocycles. The Kier molecular flexibility index (Phi) is 8.47. The van der Waals surface area contributed by atoms with Gasteiger partial charge < -0.3 is 18.9 Å². The molecule has 27 heavy (non-hydrogen) atoms. The first-order valence-electron chi connectivity index (χ1n) is 8.74. The lowest BCUT2D eigenvalue weighted by atomic mass is 10.3. The third-order valence-electron chi connectivity index (χ3n) is 3.62. The van der Waals surface area contributed by atoms with Crippen molar-refractivity contribution in [2.45, 2.75) is 38.6 Å². The second kappa shape index (κ2) is 11.1. The van der Waals surface area contributed by atoms with Crippen molar-refractivity contribution in [3.8, 4) is 5.75 Å². The number of nitrogens with zero attached hydrogens (tertiary/aromatic N) is 1. The molecule has 1 heterocycles. The monoisotopic (exact) mass is 377 g/mol. The fourth-order valence-electron chi connectivity index (χ4n) is 2.29. The number of hydrogen-bond donors (Lipinski definition) is 0. The molecule has 0 spiro atoms. The Balaban J connectivity index is 1.64. The van der Waals surface area contributed by atoms with Crippen molar-refractivity contribution in [1.82, 2.24) is 0 Å². The molecule has 0 saturated carbocycles. The molecule has 2 unspecified atom stereocenters. The number of nitro groups is 1. The minimum absolute atomic E-state index is 0.00522. The molecule has 2 rings (SSSR count). The number of allylic oxidation sites excluding steroid dienone is 3. The first-order valence-corrected chi connectivity index (χ1v) is 8.74. The summed E-state index contributed by atoms with van der Waals surface area (Å²) in [6.07, 6.45) is 9.17. The smallest absolute Gasteiger partial charge is 0.431 e. The van der Waals surface area contributed by atoms with Gasteiger partial charge in [-0.15, -0.1) is 0 Å². The first-order chi connectivity index (χ1) is 13.1. The number of nitro benzene ring substituents is 1. The highest BCUT2D eigenvalue weighted by Gasteiger charge is 2.26. The van der Waals surface area contributed by atoms with Crippen LogP contribution in [0.1, 0.15) is 26.2 Å². The Bertz CT molecular complexity index is 669. The van der Waals surface area contributed by atoms with Gasteiger partial charge in [-0.3, -0.25) is 10.1 Å². The third kappa shape index (κ3) is 7.59. The predicted molar refractivity (Wildman–Crippen MR) is 97.5 cm³/mol. The van der Waals surface area contributed by atoms with E-state index in [1.54, 1.807) is 0 Å². The summed E-state index contributed by atoms with van der Waals surface area (Å²) in [6.45, 7) is 2.43. The molecule has 8 heteroatoms. The Labute approximate surface area is 157 Å². The molecule has 1 aliphatic heterocycles. The van der Waals surface area contributed by atoms with Crippen molar-refractivity contribution in [2.75, 3.05) is 13.2 Å². The molecule has 1 aromatic carbocycles. The molecule has 0 aromatic heterocycles. The van der Waals surface area contributed by atoms with Crippen LogP contribution in [0.2, 0.25) is 0 Å². The van der Waals surface area contributed by atoms with Crippen LogP contribution in [-0.2, 0) is 14.2 Å². The number of carbonyl (C=O) groups excluding carboxylic acids is 1. The van der Waals surface area contributed by atoms with Crippen molar-refractivity contribution >= 4 is 11.8 Å². The Morgan fingerprint density at radius 3 is 2.70 bits per heavy atom. The molecule has 2 atom stereocenters. The largest absolute Gasteiger partial charge is 0.513 e. The van der Waals surface area contributed by atoms with Gasteiger partial charge in [0.25, 0.3) is 5.69 Å². The standard InChI is InChI=1S/C19H23NO7/c1-2-3-4-5-6-7-8-18-24-13-17(26-18)14-25-19(21)27-16-11-9-15(10-12-16)20(22)23/h3-4,6-7,9-12,17-18H,2,5,8,13-14H2,1H3/b4-3-,7-6-. The lowest BCUT2D eigenvalue weighted by Gasteiger charge is -2.10. The van der Waals surface area contributed by atoms with E-state index in [2.05, 4.69) is 19.1 Å². The van der Waals surface area contributed by atoms with Crippen molar-refractivity contribution in [2.24, 2.45) is 0 Å². The van der Waals surface area contributed by atoms with Gasteiger partial charge in [0.1, 0.15) is 18.5 Å². The summed E-state index contributed by atoms with van der Waals surface area (Å²) in [5.41, 5.74) is -0.0892. The molecule has 0 bridgehead atoms. The lowest BCUT2D eigenvalue weighted by molar-refractivity contribution is -0.384. The number of hydrogen-bond acceptors (Lipinski definition) is 7. The van der Waals surface area contributed by atoms with E-state index in [4.69, 9.17) is 18.9 Å². The predicted octanol–water partition coefficient (Wildman–Crippen LogP) is 4.15. The quantitative estimate of drug-likeness (QED) is 0.210. The zero-order valence-corrected chi connectivity index (χ0v) is 15.1. The van der Waals surface area contributed by atoms with E-state index in [0.29, 0.717) is 13.0 Å². The van der Waals surface area contributed by atoms with Gasteiger partial charge in [-0.2, -0.15) is 0 Å². The van der Waals surface area contributed by atoms with E-state index in [-0.39, 0.29) is 30.4 Å². The number of carbonyl (C=O) groups is 1. The average molecular weight is 377 g/mol. The molecule has 146 valence electrons. The topological polar surface area (TPSA) is 97.1 Å². The molecule has 1 aromatic rings. The summed E-state index contributed by atoms with van der Waals surface area (Å²) in [7, 11) is 0. The maximum atomic E-state index is 11.7. The van der Waals surface area contributed by atoms with Crippen molar-refractivity contribution in [1.29, 1.82) is 0 Å². The summed E-state index contributed by atoms with van der Waals surface area (Å²) in [5.74, 6) is 0.161. The van der Waals surface area contributed by atoms with Crippen LogP contribution in [0.4, 0.5) is 10.5 Å². The lowest BCUT2D eigenvalue weighted by Crippen LogP contribution is -2.23. The van der Waals surface area contributed by atoms with Crippen molar-refractivity contribution < 1.29 is 28.7 Å². The molecule has 0 amide bonds. The second-order valence-electron chi connectivity index (χ2n) is 5.76. The van der Waals surface area contributed by atoms with E-state index in [0.717, 1.165) is 12.8 Å². The first kappa shape index (κ1) is 20.6. The minimum atomic E-state index is -0.904. The van der Waals surface area contributed by atoms with Crippen LogP contribution in [-0.4, -0.2) is 36.7 Å². The molecular formula is C19H23NO7. The minimum Gasteiger partial charge on any atom is -0.431 e. The zero-order chi connectivity index (χ0) is 19.5. The number of non-ortho nitro benzene ring substituents is 1. The van der Waals surface area contributed by atoms with Crippen LogP contribution in [0.25, 0.3) is 0 Å². The van der Waals surface area contributed by atoms with Crippen LogP contribution in [0.3, 0.4) is 0 Å². The molecule has 0 N–H and O–H groups in total. The van der Waals surface area contributed by atoms with Gasteiger partial charge in [0.2, 0.25) is 0 Å². The normalized spacial score (nSPS) is 19.6. The fourth-order valence-corrected chi connectivity index (χ4v) is 2.29. The average Bonchev–Trinajstić information content (AvgIpc) is 3.11. The molecule has 1 aliphatic rings. The summed E-state index contributed by atoms with van der Waals surface area (Å²) in [4.78, 5) is 21.7. The van der Waals surface area contributed by atoms with Crippen LogP contribution < -0.4 is 4.74 Å². The van der Waals surface area contributed by atoms with Crippen LogP contribution in [0.5, 0.6) is 5.75 Å². The van der Waals surface area contributed by atoms with Crippen molar-refractivity contribution in [3.05, 3.63) is 58.7 Å². The highest BCUT2D eigenvalue weighted by molar-refractivity contribution is 5.64. The van der Waals surface area contributed by atoms with Crippen LogP contribution >= 0.6 is 0 Å². The van der Waals surface area contributed by atoms with Gasteiger partial charge in [0.15, 0.2) is 6.29 Å². The maximum absolute atomic E-state index is 11.7. The van der Waals surface area contributed by atoms with E-state index in [1.807, 2.05) is 12.2 Å². The summed E-state index contributed by atoms with van der Waals surface area (Å²) in [5, 5.41) is 10.6. The SMILES string of the molecule is CC/C=C\C/C=C\CC1OCC(COC(=O)Oc2ccc([N+](=O)[O-])cc2)O1. The summed E-state index contributed by atoms with van der Waals surface area (Å²) < 4.78 is 21.1. The molecular weight excluding hydrogens is 354 g/mol. The third-order valence-corrected chi connectivity index (χ3v) is 3.62. The van der Waals surface area contributed by atoms with Gasteiger partial charge in [0, 0.05) is 18.6 Å². The van der Waals surface area contributed by atoms with Crippen molar-refractivity contribution in [3.63, 3.8) is 0 Å². The van der Waals surface area contributed by atoms with Gasteiger partial charge in [0.05, 0.1) is 11.5 Å². The summed E-state index contributed by atoms with van der Waals surface area (Å²) in [6, 6.07) is 5.14. The Hall–Kier alpha value is -2.71. The van der Waals surface area contributed by atoms with Gasteiger partial charge in [-0.25, -0.2) is 4.79 Å². The van der Waals surface area contributed by atoms with E-state index in [1.165, 1.54) is 24.3 Å². The second-order valence-corrected chi connectivity index (χ2v) is 5.76. The van der Waals surface area contributed by atoms with Crippen LogP contribution in [0.15, 0.2) is 48.6 Å². The Morgan fingerprint density at radius 1 is 1.26 bits per heavy atom. The van der Waals surface area contributed by atoms with Crippen LogP contribution in [0, 0.1) is 10.1 Å². The fraction of sp³-hybridized carbons (Fsp3) is 0.421. The van der Waals surface area contributed by atoms with Gasteiger partial charge >= 0.3 is 6.16 Å². The van der Waals surface area contributed by atoms with Gasteiger partial charge in [-0.05, 0) is 25.0 Å². The van der Waals surface area contributed by atoms with E-state index < -0.39 is 11.1 Å². The Morgan fingerprint density at radius 2 is 2.00 bits per heavy atom. The zero-order valence-electron chi connectivity index (χ0n) is 15.1. The molecule has 1 saturated heterocycles. The van der Waals surface area contributed by atoms with Gasteiger partial charge in [-0.1, -0.05) is 31.2 Å². The number of rotatable bonds is 9. The highest BCUT2D eigenvalue weighted by Crippen LogP contribution is 2.19. The maximum Gasteiger partial charge on any atom is 0.513 e. The number of benzene rings is 1. The molecule has 1 fully saturated rings. The number of ether oxygens (including phenoxy) is 4. The molecule has 0 radical (unpaired) electrons.